The second kappa shape index (κ2) is 7.11. The molecule has 0 radical (unpaired) electrons. The Hall–Kier alpha value is -4.45. The molecular formula is C22H14F2N6O. The van der Waals surface area contributed by atoms with E-state index in [1.807, 2.05) is 0 Å². The van der Waals surface area contributed by atoms with Crippen LogP contribution in [0.25, 0.3) is 22.5 Å². The number of fused-ring (bicyclic) bond motifs is 1. The van der Waals surface area contributed by atoms with Gasteiger partial charge in [-0.2, -0.15) is 10.4 Å². The van der Waals surface area contributed by atoms with Gasteiger partial charge in [-0.15, -0.1) is 5.10 Å². The fourth-order valence-corrected chi connectivity index (χ4v) is 3.75. The predicted octanol–water partition coefficient (Wildman–Crippen LogP) is 3.96. The van der Waals surface area contributed by atoms with Crippen molar-refractivity contribution in [2.24, 2.45) is 5.73 Å². The van der Waals surface area contributed by atoms with E-state index in [1.165, 1.54) is 24.3 Å². The SMILES string of the molecule is N#CC1=C(N)Oc2n[nH]c(-c3ccc(F)cc3)c2C1c1cn[nH]c1-c1ccc(F)cc1. The molecule has 4 aromatic rings. The zero-order chi connectivity index (χ0) is 21.5. The quantitative estimate of drug-likeness (QED) is 0.467. The molecule has 1 aliphatic heterocycles. The van der Waals surface area contributed by atoms with Gasteiger partial charge in [-0.05, 0) is 48.5 Å². The molecule has 4 N–H and O–H groups in total. The third kappa shape index (κ3) is 3.02. The molecule has 9 heteroatoms. The Balaban J connectivity index is 1.72. The molecule has 7 nitrogen and oxygen atoms in total. The number of H-pyrrole nitrogens is 2. The minimum atomic E-state index is -0.661. The van der Waals surface area contributed by atoms with Crippen LogP contribution in [-0.4, -0.2) is 20.4 Å². The molecule has 5 rings (SSSR count). The largest absolute Gasteiger partial charge is 0.420 e. The number of allylic oxidation sites excluding steroid dienone is 1. The van der Waals surface area contributed by atoms with E-state index in [9.17, 15) is 14.0 Å². The lowest BCUT2D eigenvalue weighted by Gasteiger charge is -2.24. The van der Waals surface area contributed by atoms with Crippen molar-refractivity contribution in [1.29, 1.82) is 5.26 Å². The van der Waals surface area contributed by atoms with E-state index in [-0.39, 0.29) is 29.0 Å². The summed E-state index contributed by atoms with van der Waals surface area (Å²) in [7, 11) is 0. The van der Waals surface area contributed by atoms with Crippen LogP contribution in [0.5, 0.6) is 5.88 Å². The van der Waals surface area contributed by atoms with Gasteiger partial charge in [0.25, 0.3) is 0 Å². The zero-order valence-electron chi connectivity index (χ0n) is 15.9. The third-order valence-electron chi connectivity index (χ3n) is 5.18. The number of ether oxygens (including phenoxy) is 1. The first-order valence-corrected chi connectivity index (χ1v) is 9.27. The predicted molar refractivity (Wildman–Crippen MR) is 107 cm³/mol. The summed E-state index contributed by atoms with van der Waals surface area (Å²) in [6.45, 7) is 0. The highest BCUT2D eigenvalue weighted by molar-refractivity contribution is 5.74. The van der Waals surface area contributed by atoms with Crippen LogP contribution in [0.4, 0.5) is 8.78 Å². The van der Waals surface area contributed by atoms with Crippen LogP contribution in [0.3, 0.4) is 0 Å². The number of benzene rings is 2. The van der Waals surface area contributed by atoms with Crippen LogP contribution >= 0.6 is 0 Å². The minimum absolute atomic E-state index is 0.0663. The van der Waals surface area contributed by atoms with Crippen molar-refractivity contribution < 1.29 is 13.5 Å². The Kier molecular flexibility index (Phi) is 4.26. The Morgan fingerprint density at radius 2 is 1.55 bits per heavy atom. The molecule has 0 fully saturated rings. The van der Waals surface area contributed by atoms with E-state index < -0.39 is 5.92 Å². The van der Waals surface area contributed by atoms with Crippen LogP contribution in [-0.2, 0) is 0 Å². The van der Waals surface area contributed by atoms with E-state index in [1.54, 1.807) is 30.5 Å². The summed E-state index contributed by atoms with van der Waals surface area (Å²) in [6.07, 6.45) is 1.59. The molecule has 1 atom stereocenters. The summed E-state index contributed by atoms with van der Waals surface area (Å²) in [5.41, 5.74) is 9.93. The van der Waals surface area contributed by atoms with Gasteiger partial charge in [-0.3, -0.25) is 10.2 Å². The number of hydrogen-bond donors (Lipinski definition) is 3. The number of nitrogens with one attached hydrogen (secondary N) is 2. The number of halogens is 2. The average molecular weight is 416 g/mol. The molecule has 1 aliphatic rings. The average Bonchev–Trinajstić information content (AvgIpc) is 3.41. The first-order chi connectivity index (χ1) is 15.1. The highest BCUT2D eigenvalue weighted by Crippen LogP contribution is 2.47. The maximum Gasteiger partial charge on any atom is 0.244 e. The summed E-state index contributed by atoms with van der Waals surface area (Å²) >= 11 is 0. The number of nitrogens with zero attached hydrogens (tertiary/aromatic N) is 3. The number of aromatic amines is 2. The third-order valence-corrected chi connectivity index (χ3v) is 5.18. The monoisotopic (exact) mass is 416 g/mol. The normalized spacial score (nSPS) is 15.3. The van der Waals surface area contributed by atoms with E-state index in [2.05, 4.69) is 26.5 Å². The van der Waals surface area contributed by atoms with Crippen molar-refractivity contribution >= 4 is 0 Å². The van der Waals surface area contributed by atoms with Crippen LogP contribution in [0.1, 0.15) is 17.0 Å². The molecule has 0 aliphatic carbocycles. The number of nitriles is 1. The van der Waals surface area contributed by atoms with Crippen LogP contribution in [0, 0.1) is 23.0 Å². The fourth-order valence-electron chi connectivity index (χ4n) is 3.75. The lowest BCUT2D eigenvalue weighted by atomic mass is 9.82. The summed E-state index contributed by atoms with van der Waals surface area (Å²) in [5.74, 6) is -1.25. The van der Waals surface area contributed by atoms with E-state index in [4.69, 9.17) is 10.5 Å². The molecule has 0 amide bonds. The molecule has 0 saturated heterocycles. The highest BCUT2D eigenvalue weighted by atomic mass is 19.1. The van der Waals surface area contributed by atoms with Crippen LogP contribution < -0.4 is 10.5 Å². The van der Waals surface area contributed by atoms with Gasteiger partial charge in [0.15, 0.2) is 0 Å². The Bertz CT molecular complexity index is 1350. The van der Waals surface area contributed by atoms with Crippen molar-refractivity contribution in [2.75, 3.05) is 0 Å². The Labute approximate surface area is 174 Å². The van der Waals surface area contributed by atoms with Gasteiger partial charge < -0.3 is 10.5 Å². The Morgan fingerprint density at radius 3 is 2.16 bits per heavy atom. The lowest BCUT2D eigenvalue weighted by molar-refractivity contribution is 0.379. The molecule has 152 valence electrons. The summed E-state index contributed by atoms with van der Waals surface area (Å²) < 4.78 is 32.5. The number of hydrogen-bond acceptors (Lipinski definition) is 5. The van der Waals surface area contributed by atoms with Gasteiger partial charge >= 0.3 is 0 Å². The molecular weight excluding hydrogens is 402 g/mol. The molecule has 1 unspecified atom stereocenters. The summed E-state index contributed by atoms with van der Waals surface area (Å²) in [6, 6.07) is 13.9. The highest BCUT2D eigenvalue weighted by Gasteiger charge is 2.37. The smallest absolute Gasteiger partial charge is 0.244 e. The molecule has 0 saturated carbocycles. The van der Waals surface area contributed by atoms with E-state index in [0.29, 0.717) is 33.6 Å². The molecule has 0 bridgehead atoms. The number of aromatic nitrogens is 4. The maximum atomic E-state index is 13.4. The summed E-state index contributed by atoms with van der Waals surface area (Å²) in [4.78, 5) is 0. The van der Waals surface area contributed by atoms with Gasteiger partial charge in [0.2, 0.25) is 11.8 Å². The van der Waals surface area contributed by atoms with Crippen molar-refractivity contribution in [3.63, 3.8) is 0 Å². The lowest BCUT2D eigenvalue weighted by Crippen LogP contribution is -2.21. The standard InChI is InChI=1S/C22H14F2N6O/c23-13-5-1-11(2-6-13)19-16(10-27-28-19)17-15(9-25)21(26)31-22-18(17)20(29-30-22)12-3-7-14(24)8-4-12/h1-8,10,17H,26H2,(H,27,28)(H,29,30). The van der Waals surface area contributed by atoms with Crippen molar-refractivity contribution in [2.45, 2.75) is 5.92 Å². The molecule has 2 aromatic carbocycles. The van der Waals surface area contributed by atoms with Gasteiger partial charge in [-0.1, -0.05) is 0 Å². The number of rotatable bonds is 3. The van der Waals surface area contributed by atoms with Crippen LogP contribution in [0.15, 0.2) is 66.2 Å². The zero-order valence-corrected chi connectivity index (χ0v) is 15.9. The maximum absolute atomic E-state index is 13.4. The van der Waals surface area contributed by atoms with Crippen molar-refractivity contribution in [1.82, 2.24) is 20.4 Å². The summed E-state index contributed by atoms with van der Waals surface area (Å²) in [5, 5.41) is 24.0. The van der Waals surface area contributed by atoms with Gasteiger partial charge in [0, 0.05) is 16.7 Å². The fraction of sp³-hybridized carbons (Fsp3) is 0.0455. The first kappa shape index (κ1) is 18.6. The second-order valence-electron chi connectivity index (χ2n) is 6.96. The van der Waals surface area contributed by atoms with Gasteiger partial charge in [0.05, 0.1) is 29.1 Å². The van der Waals surface area contributed by atoms with Gasteiger partial charge in [0.1, 0.15) is 23.3 Å². The topological polar surface area (TPSA) is 116 Å². The minimum Gasteiger partial charge on any atom is -0.420 e. The van der Waals surface area contributed by atoms with Crippen molar-refractivity contribution in [3.8, 4) is 34.5 Å². The van der Waals surface area contributed by atoms with E-state index in [0.717, 1.165) is 0 Å². The second-order valence-corrected chi connectivity index (χ2v) is 6.96. The van der Waals surface area contributed by atoms with E-state index >= 15 is 0 Å². The molecule has 31 heavy (non-hydrogen) atoms. The Morgan fingerprint density at radius 1 is 0.935 bits per heavy atom. The van der Waals surface area contributed by atoms with Gasteiger partial charge in [-0.25, -0.2) is 8.78 Å². The molecule has 3 heterocycles. The number of nitrogens with two attached hydrogens (primary N) is 1. The van der Waals surface area contributed by atoms with Crippen molar-refractivity contribution in [3.05, 3.63) is 88.9 Å². The molecule has 0 spiro atoms. The first-order valence-electron chi connectivity index (χ1n) is 9.27. The molecule has 2 aromatic heterocycles. The van der Waals surface area contributed by atoms with Crippen LogP contribution in [0.2, 0.25) is 0 Å².